The number of aliphatic imine (C=N–C) groups is 1. The first-order valence-electron chi connectivity index (χ1n) is 5.18. The molecule has 0 spiro atoms. The van der Waals surface area contributed by atoms with Crippen molar-refractivity contribution in [1.82, 2.24) is 0 Å². The number of isocyanates is 1. The zero-order valence-corrected chi connectivity index (χ0v) is 10.3. The Hall–Kier alpha value is -1.38. The number of methoxy groups -OCH3 is 1. The fourth-order valence-electron chi connectivity index (χ4n) is 1.99. The first-order chi connectivity index (χ1) is 8.05. The molecule has 5 heteroatoms. The summed E-state index contributed by atoms with van der Waals surface area (Å²) < 4.78 is 18.8. The molecule has 17 heavy (non-hydrogen) atoms. The Balaban J connectivity index is 2.66. The van der Waals surface area contributed by atoms with Gasteiger partial charge in [0.15, 0.2) is 0 Å². The van der Waals surface area contributed by atoms with Gasteiger partial charge >= 0.3 is 0 Å². The third kappa shape index (κ3) is 1.84. The fraction of sp³-hybridized carbons (Fsp3) is 0.417. The van der Waals surface area contributed by atoms with Gasteiger partial charge in [-0.05, 0) is 25.8 Å². The average Bonchev–Trinajstić information content (AvgIpc) is 3.07. The molecule has 0 amide bonds. The lowest BCUT2D eigenvalue weighted by Gasteiger charge is -2.17. The Morgan fingerprint density at radius 3 is 2.71 bits per heavy atom. The highest BCUT2D eigenvalue weighted by atomic mass is 35.5. The smallest absolute Gasteiger partial charge is 0.235 e. The number of nitrogens with zero attached hydrogens (tertiary/aromatic N) is 1. The van der Waals surface area contributed by atoms with Crippen LogP contribution in [0.25, 0.3) is 0 Å². The molecule has 0 aliphatic heterocycles. The summed E-state index contributed by atoms with van der Waals surface area (Å²) in [6.07, 6.45) is 3.00. The highest BCUT2D eigenvalue weighted by molar-refractivity contribution is 6.31. The van der Waals surface area contributed by atoms with Crippen molar-refractivity contribution in [1.29, 1.82) is 0 Å². The average molecular weight is 256 g/mol. The highest BCUT2D eigenvalue weighted by Crippen LogP contribution is 2.53. The van der Waals surface area contributed by atoms with Gasteiger partial charge in [-0.15, -0.1) is 0 Å². The Bertz CT molecular complexity index is 520. The maximum Gasteiger partial charge on any atom is 0.235 e. The maximum atomic E-state index is 13.6. The number of carbonyl (C=O) groups excluding carboxylic acids is 1. The molecule has 0 radical (unpaired) electrons. The van der Waals surface area contributed by atoms with E-state index in [-0.39, 0.29) is 5.02 Å². The molecule has 90 valence electrons. The lowest BCUT2D eigenvalue weighted by molar-refractivity contribution is 0.396. The Labute approximate surface area is 103 Å². The molecular weight excluding hydrogens is 245 g/mol. The molecule has 1 fully saturated rings. The summed E-state index contributed by atoms with van der Waals surface area (Å²) >= 11 is 5.81. The summed E-state index contributed by atoms with van der Waals surface area (Å²) in [4.78, 5) is 14.2. The van der Waals surface area contributed by atoms with Crippen LogP contribution in [0.5, 0.6) is 5.75 Å². The molecule has 1 aliphatic carbocycles. The number of rotatable bonds is 3. The third-order valence-electron chi connectivity index (χ3n) is 3.08. The molecular formula is C12H11ClFNO2. The summed E-state index contributed by atoms with van der Waals surface area (Å²) in [6, 6.07) is 1.48. The molecule has 0 atom stereocenters. The highest BCUT2D eigenvalue weighted by Gasteiger charge is 2.47. The molecule has 0 N–H and O–H groups in total. The topological polar surface area (TPSA) is 38.7 Å². The molecule has 0 aromatic heterocycles. The molecule has 0 saturated heterocycles. The summed E-state index contributed by atoms with van der Waals surface area (Å²) in [6.45, 7) is 1.59. The molecule has 1 aromatic rings. The summed E-state index contributed by atoms with van der Waals surface area (Å²) in [5.74, 6) is -0.0958. The van der Waals surface area contributed by atoms with Gasteiger partial charge in [0.05, 0.1) is 12.1 Å². The summed E-state index contributed by atoms with van der Waals surface area (Å²) in [5, 5.41) is 0.0191. The van der Waals surface area contributed by atoms with Crippen LogP contribution in [-0.4, -0.2) is 13.2 Å². The monoisotopic (exact) mass is 255 g/mol. The number of hydrogen-bond donors (Lipinski definition) is 0. The molecule has 0 heterocycles. The van der Waals surface area contributed by atoms with E-state index < -0.39 is 11.4 Å². The van der Waals surface area contributed by atoms with Gasteiger partial charge < -0.3 is 4.74 Å². The lowest BCUT2D eigenvalue weighted by Crippen LogP contribution is -2.08. The van der Waals surface area contributed by atoms with Gasteiger partial charge in [-0.2, -0.15) is 4.99 Å². The molecule has 1 aliphatic rings. The van der Waals surface area contributed by atoms with E-state index in [0.29, 0.717) is 16.9 Å². The number of benzene rings is 1. The van der Waals surface area contributed by atoms with E-state index in [0.717, 1.165) is 12.8 Å². The van der Waals surface area contributed by atoms with Crippen LogP contribution in [-0.2, 0) is 10.3 Å². The quantitative estimate of drug-likeness (QED) is 0.615. The van der Waals surface area contributed by atoms with Gasteiger partial charge in [-0.1, -0.05) is 11.6 Å². The van der Waals surface area contributed by atoms with E-state index in [4.69, 9.17) is 16.3 Å². The number of hydrogen-bond acceptors (Lipinski definition) is 3. The van der Waals surface area contributed by atoms with E-state index in [2.05, 4.69) is 4.99 Å². The predicted octanol–water partition coefficient (Wildman–Crippen LogP) is 3.12. The Morgan fingerprint density at radius 2 is 2.24 bits per heavy atom. The molecule has 0 unspecified atom stereocenters. The van der Waals surface area contributed by atoms with Gasteiger partial charge in [0.1, 0.15) is 17.1 Å². The summed E-state index contributed by atoms with van der Waals surface area (Å²) in [7, 11) is 1.46. The Kier molecular flexibility index (Phi) is 2.94. The Morgan fingerprint density at radius 1 is 1.59 bits per heavy atom. The van der Waals surface area contributed by atoms with Crippen LogP contribution in [0.3, 0.4) is 0 Å². The minimum atomic E-state index is -0.616. The predicted molar refractivity (Wildman–Crippen MR) is 61.7 cm³/mol. The minimum absolute atomic E-state index is 0.0191. The number of halogens is 2. The molecule has 1 saturated carbocycles. The third-order valence-corrected chi connectivity index (χ3v) is 3.36. The second-order valence-electron chi connectivity index (χ2n) is 4.11. The molecule has 3 nitrogen and oxygen atoms in total. The van der Waals surface area contributed by atoms with E-state index in [9.17, 15) is 9.18 Å². The van der Waals surface area contributed by atoms with Crippen molar-refractivity contribution < 1.29 is 13.9 Å². The van der Waals surface area contributed by atoms with E-state index >= 15 is 0 Å². The van der Waals surface area contributed by atoms with Crippen molar-refractivity contribution in [3.05, 3.63) is 28.0 Å². The minimum Gasteiger partial charge on any atom is -0.496 e. The SMILES string of the molecule is COc1c(C2(N=C=O)CC2)cc(Cl)c(F)c1C. The van der Waals surface area contributed by atoms with Crippen LogP contribution in [0.4, 0.5) is 4.39 Å². The van der Waals surface area contributed by atoms with Crippen LogP contribution in [0.15, 0.2) is 11.1 Å². The van der Waals surface area contributed by atoms with Crippen LogP contribution in [0.2, 0.25) is 5.02 Å². The number of ether oxygens (including phenoxy) is 1. The van der Waals surface area contributed by atoms with Gasteiger partial charge in [0, 0.05) is 11.1 Å². The van der Waals surface area contributed by atoms with Crippen LogP contribution < -0.4 is 4.74 Å². The molecule has 1 aromatic carbocycles. The second-order valence-corrected chi connectivity index (χ2v) is 4.52. The standard InChI is InChI=1S/C12H11ClFNO2/c1-7-10(14)9(13)5-8(11(7)17-2)12(3-4-12)15-6-16/h5H,3-4H2,1-2H3. The lowest BCUT2D eigenvalue weighted by atomic mass is 10.0. The van der Waals surface area contributed by atoms with E-state index in [1.54, 1.807) is 13.0 Å². The zero-order chi connectivity index (χ0) is 12.6. The zero-order valence-electron chi connectivity index (χ0n) is 9.51. The van der Waals surface area contributed by atoms with Crippen molar-refractivity contribution in [3.63, 3.8) is 0 Å². The van der Waals surface area contributed by atoms with Gasteiger partial charge in [0.2, 0.25) is 6.08 Å². The van der Waals surface area contributed by atoms with E-state index in [1.807, 2.05) is 0 Å². The van der Waals surface area contributed by atoms with Crippen LogP contribution in [0, 0.1) is 12.7 Å². The van der Waals surface area contributed by atoms with E-state index in [1.165, 1.54) is 13.2 Å². The molecule has 2 rings (SSSR count). The fourth-order valence-corrected chi connectivity index (χ4v) is 2.24. The van der Waals surface area contributed by atoms with Gasteiger partial charge in [-0.3, -0.25) is 0 Å². The first kappa shape index (κ1) is 12.1. The summed E-state index contributed by atoms with van der Waals surface area (Å²) in [5.41, 5.74) is 0.379. The normalized spacial score (nSPS) is 16.2. The maximum absolute atomic E-state index is 13.6. The van der Waals surface area contributed by atoms with Crippen molar-refractivity contribution in [3.8, 4) is 5.75 Å². The van der Waals surface area contributed by atoms with Crippen LogP contribution in [0.1, 0.15) is 24.0 Å². The second kappa shape index (κ2) is 4.13. The van der Waals surface area contributed by atoms with Crippen molar-refractivity contribution in [2.24, 2.45) is 4.99 Å². The van der Waals surface area contributed by atoms with Gasteiger partial charge in [-0.25, -0.2) is 9.18 Å². The largest absolute Gasteiger partial charge is 0.496 e. The van der Waals surface area contributed by atoms with Crippen molar-refractivity contribution in [2.45, 2.75) is 25.3 Å². The van der Waals surface area contributed by atoms with Crippen molar-refractivity contribution >= 4 is 17.7 Å². The first-order valence-corrected chi connectivity index (χ1v) is 5.55. The van der Waals surface area contributed by atoms with Crippen LogP contribution >= 0.6 is 11.6 Å². The molecule has 0 bridgehead atoms. The van der Waals surface area contributed by atoms with Crippen molar-refractivity contribution in [2.75, 3.05) is 7.11 Å². The van der Waals surface area contributed by atoms with Gasteiger partial charge in [0.25, 0.3) is 0 Å².